The normalized spacial score (nSPS) is 23.5. The lowest BCUT2D eigenvalue weighted by Crippen LogP contribution is -2.57. The van der Waals surface area contributed by atoms with Gasteiger partial charge in [-0.25, -0.2) is 4.85 Å². The number of hydrogen-bond donors (Lipinski definition) is 2. The second-order valence-electron chi connectivity index (χ2n) is 8.10. The molecule has 2 aromatic carbocycles. The number of nitrogens with zero attached hydrogens (tertiary/aromatic N) is 2. The maximum absolute atomic E-state index is 12.6. The molecule has 0 aromatic heterocycles. The van der Waals surface area contributed by atoms with Crippen molar-refractivity contribution in [2.24, 2.45) is 5.41 Å². The monoisotopic (exact) mass is 372 g/mol. The third-order valence-corrected chi connectivity index (χ3v) is 6.69. The van der Waals surface area contributed by atoms with Crippen LogP contribution in [0.1, 0.15) is 38.2 Å². The highest BCUT2D eigenvalue weighted by atomic mass is 16.2. The van der Waals surface area contributed by atoms with Crippen molar-refractivity contribution in [1.82, 2.24) is 10.2 Å². The van der Waals surface area contributed by atoms with Crippen molar-refractivity contribution >= 4 is 17.6 Å². The first-order valence-corrected chi connectivity index (χ1v) is 9.60. The Hall–Kier alpha value is -3.13. The maximum atomic E-state index is 12.6. The summed E-state index contributed by atoms with van der Waals surface area (Å²) in [6.45, 7) is 9.39. The van der Waals surface area contributed by atoms with Crippen LogP contribution >= 0.6 is 0 Å². The van der Waals surface area contributed by atoms with Gasteiger partial charge in [-0.3, -0.25) is 15.1 Å². The number of rotatable bonds is 2. The van der Waals surface area contributed by atoms with Crippen molar-refractivity contribution in [3.8, 4) is 11.1 Å². The molecule has 142 valence electrons. The zero-order valence-corrected chi connectivity index (χ0v) is 16.2. The van der Waals surface area contributed by atoms with Crippen LogP contribution in [0.2, 0.25) is 0 Å². The van der Waals surface area contributed by atoms with Crippen LogP contribution in [0.25, 0.3) is 16.0 Å². The van der Waals surface area contributed by atoms with Crippen LogP contribution in [-0.2, 0) is 10.3 Å². The largest absolute Gasteiger partial charge is 0.346 e. The first-order valence-electron chi connectivity index (χ1n) is 9.60. The van der Waals surface area contributed by atoms with Gasteiger partial charge in [0, 0.05) is 18.9 Å². The van der Waals surface area contributed by atoms with E-state index in [1.807, 2.05) is 30.3 Å². The van der Waals surface area contributed by atoms with Crippen LogP contribution < -0.4 is 5.32 Å². The van der Waals surface area contributed by atoms with Crippen LogP contribution in [0.15, 0.2) is 48.5 Å². The Bertz CT molecular complexity index is 1000. The van der Waals surface area contributed by atoms with Crippen molar-refractivity contribution in [3.63, 3.8) is 0 Å². The lowest BCUT2D eigenvalue weighted by Gasteiger charge is -2.53. The molecule has 1 saturated carbocycles. The number of benzene rings is 2. The summed E-state index contributed by atoms with van der Waals surface area (Å²) in [4.78, 5) is 17.6. The maximum Gasteiger partial charge on any atom is 0.229 e. The van der Waals surface area contributed by atoms with Crippen LogP contribution in [0.4, 0.5) is 5.69 Å². The van der Waals surface area contributed by atoms with Gasteiger partial charge >= 0.3 is 0 Å². The molecule has 1 spiro atoms. The Morgan fingerprint density at radius 3 is 2.46 bits per heavy atom. The standard InChI is InChI=1S/C23H24N4O/c1-22(23(11-6-12-23)15-20(28)27(3)21(24)26-22)18-9-4-7-16(13-18)17-8-5-10-19(14-17)25-2/h4-5,7-10,13-14H,6,11-12,15H2,1,3H3,(H2,24,26). The second kappa shape index (κ2) is 6.49. The third-order valence-electron chi connectivity index (χ3n) is 6.69. The van der Waals surface area contributed by atoms with E-state index in [0.29, 0.717) is 12.1 Å². The SMILES string of the molecule is [C-]#[N+]c1cccc(-c2cccc(C3(C)NC(=N)N(C)C(=O)CC34CCC4)c2)c1. The average Bonchev–Trinajstić information content (AvgIpc) is 2.76. The Balaban J connectivity index is 1.81. The van der Waals surface area contributed by atoms with Gasteiger partial charge in [-0.05, 0) is 48.6 Å². The van der Waals surface area contributed by atoms with Gasteiger partial charge < -0.3 is 5.32 Å². The van der Waals surface area contributed by atoms with Gasteiger partial charge in [0.15, 0.2) is 11.6 Å². The molecule has 1 unspecified atom stereocenters. The minimum atomic E-state index is -0.504. The van der Waals surface area contributed by atoms with Crippen molar-refractivity contribution < 1.29 is 4.79 Å². The first-order chi connectivity index (χ1) is 13.4. The van der Waals surface area contributed by atoms with E-state index in [9.17, 15) is 4.79 Å². The minimum Gasteiger partial charge on any atom is -0.346 e. The number of nitrogens with one attached hydrogen (secondary N) is 2. The topological polar surface area (TPSA) is 60.6 Å². The van der Waals surface area contributed by atoms with Crippen LogP contribution in [0.3, 0.4) is 0 Å². The van der Waals surface area contributed by atoms with Crippen LogP contribution in [-0.4, -0.2) is 23.8 Å². The molecule has 0 radical (unpaired) electrons. The predicted octanol–water partition coefficient (Wildman–Crippen LogP) is 4.68. The Labute approximate surface area is 165 Å². The molecule has 1 saturated heterocycles. The van der Waals surface area contributed by atoms with Crippen molar-refractivity contribution in [1.29, 1.82) is 5.41 Å². The summed E-state index contributed by atoms with van der Waals surface area (Å²) in [7, 11) is 1.67. The Kier molecular flexibility index (Phi) is 4.23. The molecule has 4 rings (SSSR count). The molecule has 1 aliphatic carbocycles. The quantitative estimate of drug-likeness (QED) is 0.752. The van der Waals surface area contributed by atoms with E-state index in [4.69, 9.17) is 12.0 Å². The van der Waals surface area contributed by atoms with E-state index >= 15 is 0 Å². The Morgan fingerprint density at radius 1 is 1.14 bits per heavy atom. The molecule has 28 heavy (non-hydrogen) atoms. The summed E-state index contributed by atoms with van der Waals surface area (Å²) in [6, 6.07) is 15.9. The third kappa shape index (κ3) is 2.68. The summed E-state index contributed by atoms with van der Waals surface area (Å²) in [5.74, 6) is 0.151. The van der Waals surface area contributed by atoms with Gasteiger partial charge in [0.1, 0.15) is 0 Å². The molecule has 2 N–H and O–H groups in total. The summed E-state index contributed by atoms with van der Waals surface area (Å²) in [5, 5.41) is 11.8. The number of hydrogen-bond acceptors (Lipinski definition) is 2. The highest BCUT2D eigenvalue weighted by molar-refractivity contribution is 5.97. The van der Waals surface area contributed by atoms with Gasteiger partial charge in [0.2, 0.25) is 5.91 Å². The minimum absolute atomic E-state index is 0.00170. The van der Waals surface area contributed by atoms with E-state index < -0.39 is 5.54 Å². The molecule has 0 bridgehead atoms. The molecule has 1 heterocycles. The molecular formula is C23H24N4O. The van der Waals surface area contributed by atoms with Gasteiger partial charge in [-0.15, -0.1) is 0 Å². The lowest BCUT2D eigenvalue weighted by molar-refractivity contribution is -0.131. The number of amides is 1. The lowest BCUT2D eigenvalue weighted by atomic mass is 9.54. The molecule has 2 aromatic rings. The number of carbonyl (C=O) groups excluding carboxylic acids is 1. The van der Waals surface area contributed by atoms with Gasteiger partial charge in [0.25, 0.3) is 0 Å². The van der Waals surface area contributed by atoms with E-state index in [0.717, 1.165) is 36.0 Å². The average molecular weight is 372 g/mol. The van der Waals surface area contributed by atoms with Crippen LogP contribution in [0.5, 0.6) is 0 Å². The summed E-state index contributed by atoms with van der Waals surface area (Å²) < 4.78 is 0. The van der Waals surface area contributed by atoms with E-state index in [1.165, 1.54) is 4.90 Å². The summed E-state index contributed by atoms with van der Waals surface area (Å²) >= 11 is 0. The van der Waals surface area contributed by atoms with E-state index in [-0.39, 0.29) is 17.3 Å². The molecule has 5 heteroatoms. The van der Waals surface area contributed by atoms with Crippen LogP contribution in [0, 0.1) is 17.4 Å². The van der Waals surface area contributed by atoms with Crippen molar-refractivity contribution in [3.05, 3.63) is 65.5 Å². The van der Waals surface area contributed by atoms with E-state index in [1.54, 1.807) is 13.1 Å². The fourth-order valence-corrected chi connectivity index (χ4v) is 4.59. The molecule has 2 aliphatic rings. The highest BCUT2D eigenvalue weighted by Crippen LogP contribution is 2.57. The summed E-state index contributed by atoms with van der Waals surface area (Å²) in [5.41, 5.74) is 3.04. The zero-order chi connectivity index (χ0) is 19.9. The molecule has 5 nitrogen and oxygen atoms in total. The predicted molar refractivity (Wildman–Crippen MR) is 110 cm³/mol. The fraction of sp³-hybridized carbons (Fsp3) is 0.348. The Morgan fingerprint density at radius 2 is 1.82 bits per heavy atom. The number of guanidine groups is 1. The van der Waals surface area contributed by atoms with Gasteiger partial charge in [-0.1, -0.05) is 42.8 Å². The molecule has 2 fully saturated rings. The first kappa shape index (κ1) is 18.2. The smallest absolute Gasteiger partial charge is 0.229 e. The van der Waals surface area contributed by atoms with Gasteiger partial charge in [-0.2, -0.15) is 0 Å². The number of carbonyl (C=O) groups is 1. The van der Waals surface area contributed by atoms with Crippen molar-refractivity contribution in [2.75, 3.05) is 7.05 Å². The molecule has 1 atom stereocenters. The summed E-state index contributed by atoms with van der Waals surface area (Å²) in [6.07, 6.45) is 3.50. The second-order valence-corrected chi connectivity index (χ2v) is 8.10. The fourth-order valence-electron chi connectivity index (χ4n) is 4.59. The molecule has 1 aliphatic heterocycles. The molecule has 1 amide bonds. The van der Waals surface area contributed by atoms with E-state index in [2.05, 4.69) is 29.2 Å². The molecular weight excluding hydrogens is 348 g/mol. The zero-order valence-electron chi connectivity index (χ0n) is 16.2. The van der Waals surface area contributed by atoms with Crippen molar-refractivity contribution in [2.45, 2.75) is 38.1 Å². The highest BCUT2D eigenvalue weighted by Gasteiger charge is 2.56. The van der Waals surface area contributed by atoms with Gasteiger partial charge in [0.05, 0.1) is 12.1 Å².